The lowest BCUT2D eigenvalue weighted by molar-refractivity contribution is 1.46. The first-order valence-electron chi connectivity index (χ1n) is 6.17. The van der Waals surface area contributed by atoms with Gasteiger partial charge < -0.3 is 0 Å². The standard InChI is InChI=1S/C18H18/c1-4-5-15(3)16-10-12-18(13-11-16)17-8-6-14(2)7-9-17/h4-13H,1H2,2-3H3/b15-5+. The van der Waals surface area contributed by atoms with Crippen LogP contribution < -0.4 is 0 Å². The summed E-state index contributed by atoms with van der Waals surface area (Å²) in [5.74, 6) is 0. The molecule has 2 aromatic carbocycles. The van der Waals surface area contributed by atoms with Crippen LogP contribution in [0, 0.1) is 6.92 Å². The first kappa shape index (κ1) is 12.4. The van der Waals surface area contributed by atoms with Gasteiger partial charge in [0.05, 0.1) is 0 Å². The maximum atomic E-state index is 3.72. The van der Waals surface area contributed by atoms with Crippen LogP contribution in [0.15, 0.2) is 67.3 Å². The maximum absolute atomic E-state index is 3.72. The molecular weight excluding hydrogens is 216 g/mol. The summed E-state index contributed by atoms with van der Waals surface area (Å²) in [5, 5.41) is 0. The first-order valence-corrected chi connectivity index (χ1v) is 6.17. The lowest BCUT2D eigenvalue weighted by Crippen LogP contribution is -1.82. The van der Waals surface area contributed by atoms with Crippen LogP contribution in [0.1, 0.15) is 18.1 Å². The quantitative estimate of drug-likeness (QED) is 0.636. The van der Waals surface area contributed by atoms with E-state index < -0.39 is 0 Å². The monoisotopic (exact) mass is 234 g/mol. The van der Waals surface area contributed by atoms with Gasteiger partial charge in [0.1, 0.15) is 0 Å². The van der Waals surface area contributed by atoms with Crippen molar-refractivity contribution < 1.29 is 0 Å². The largest absolute Gasteiger partial charge is 0.0991 e. The molecule has 0 bridgehead atoms. The number of hydrogen-bond acceptors (Lipinski definition) is 0. The Morgan fingerprint density at radius 2 is 1.39 bits per heavy atom. The number of aryl methyl sites for hydroxylation is 1. The molecule has 0 aliphatic heterocycles. The number of hydrogen-bond donors (Lipinski definition) is 0. The average molecular weight is 234 g/mol. The zero-order valence-corrected chi connectivity index (χ0v) is 11.0. The summed E-state index contributed by atoms with van der Waals surface area (Å²) in [6.07, 6.45) is 3.85. The lowest BCUT2D eigenvalue weighted by atomic mass is 10.0. The minimum absolute atomic E-state index is 1.24. The Labute approximate surface area is 109 Å². The Bertz CT molecular complexity index is 554. The van der Waals surface area contributed by atoms with Crippen LogP contribution in [0.2, 0.25) is 0 Å². The molecule has 0 N–H and O–H groups in total. The first-order chi connectivity index (χ1) is 8.70. The SMILES string of the molecule is C=C/C=C(\C)c1ccc(-c2ccc(C)cc2)cc1. The molecule has 0 heteroatoms. The molecule has 2 rings (SSSR count). The molecule has 0 aliphatic rings. The Kier molecular flexibility index (Phi) is 3.78. The van der Waals surface area contributed by atoms with Gasteiger partial charge >= 0.3 is 0 Å². The van der Waals surface area contributed by atoms with Crippen molar-refractivity contribution in [3.8, 4) is 11.1 Å². The molecule has 0 atom stereocenters. The number of rotatable bonds is 3. The Morgan fingerprint density at radius 1 is 0.889 bits per heavy atom. The number of allylic oxidation sites excluding steroid dienone is 3. The molecular formula is C18H18. The van der Waals surface area contributed by atoms with Gasteiger partial charge in [-0.15, -0.1) is 0 Å². The van der Waals surface area contributed by atoms with Crippen molar-refractivity contribution in [3.05, 3.63) is 78.4 Å². The Hall–Kier alpha value is -2.08. The summed E-state index contributed by atoms with van der Waals surface area (Å²) >= 11 is 0. The van der Waals surface area contributed by atoms with Crippen molar-refractivity contribution >= 4 is 5.57 Å². The molecule has 0 saturated carbocycles. The van der Waals surface area contributed by atoms with Crippen molar-refractivity contribution in [1.82, 2.24) is 0 Å². The second-order valence-electron chi connectivity index (χ2n) is 4.53. The molecule has 0 saturated heterocycles. The van der Waals surface area contributed by atoms with Crippen LogP contribution in [-0.2, 0) is 0 Å². The highest BCUT2D eigenvalue weighted by atomic mass is 14.0. The molecule has 0 aromatic heterocycles. The van der Waals surface area contributed by atoms with Gasteiger partial charge in [-0.05, 0) is 36.1 Å². The van der Waals surface area contributed by atoms with E-state index in [-0.39, 0.29) is 0 Å². The molecule has 0 radical (unpaired) electrons. The average Bonchev–Trinajstić information content (AvgIpc) is 2.40. The smallest absolute Gasteiger partial charge is 0.0184 e. The highest BCUT2D eigenvalue weighted by Crippen LogP contribution is 2.22. The zero-order valence-electron chi connectivity index (χ0n) is 11.0. The highest BCUT2D eigenvalue weighted by molar-refractivity contribution is 5.70. The molecule has 0 amide bonds. The van der Waals surface area contributed by atoms with E-state index >= 15 is 0 Å². The normalized spacial score (nSPS) is 11.3. The third kappa shape index (κ3) is 2.78. The molecule has 0 aliphatic carbocycles. The van der Waals surface area contributed by atoms with Crippen LogP contribution >= 0.6 is 0 Å². The van der Waals surface area contributed by atoms with E-state index in [1.165, 1.54) is 27.8 Å². The lowest BCUT2D eigenvalue weighted by Gasteiger charge is -2.05. The molecule has 0 heterocycles. The molecule has 0 unspecified atom stereocenters. The minimum atomic E-state index is 1.24. The van der Waals surface area contributed by atoms with Gasteiger partial charge in [-0.1, -0.05) is 72.8 Å². The van der Waals surface area contributed by atoms with Gasteiger partial charge in [0.25, 0.3) is 0 Å². The van der Waals surface area contributed by atoms with E-state index in [0.29, 0.717) is 0 Å². The zero-order chi connectivity index (χ0) is 13.0. The van der Waals surface area contributed by atoms with Crippen LogP contribution in [0.5, 0.6) is 0 Å². The Balaban J connectivity index is 2.30. The highest BCUT2D eigenvalue weighted by Gasteiger charge is 1.98. The van der Waals surface area contributed by atoms with Gasteiger partial charge in [0.15, 0.2) is 0 Å². The fourth-order valence-electron chi connectivity index (χ4n) is 1.94. The third-order valence-corrected chi connectivity index (χ3v) is 3.09. The molecule has 2 aromatic rings. The molecule has 18 heavy (non-hydrogen) atoms. The fraction of sp³-hybridized carbons (Fsp3) is 0.111. The van der Waals surface area contributed by atoms with E-state index in [1.807, 2.05) is 12.2 Å². The van der Waals surface area contributed by atoms with Crippen molar-refractivity contribution in [2.24, 2.45) is 0 Å². The summed E-state index contributed by atoms with van der Waals surface area (Å²) in [6, 6.07) is 17.3. The van der Waals surface area contributed by atoms with Crippen LogP contribution in [0.3, 0.4) is 0 Å². The second kappa shape index (κ2) is 5.50. The summed E-state index contributed by atoms with van der Waals surface area (Å²) in [7, 11) is 0. The molecule has 0 nitrogen and oxygen atoms in total. The van der Waals surface area contributed by atoms with E-state index in [9.17, 15) is 0 Å². The van der Waals surface area contributed by atoms with Gasteiger partial charge in [0.2, 0.25) is 0 Å². The van der Waals surface area contributed by atoms with Crippen molar-refractivity contribution in [1.29, 1.82) is 0 Å². The Morgan fingerprint density at radius 3 is 1.89 bits per heavy atom. The van der Waals surface area contributed by atoms with E-state index in [0.717, 1.165) is 0 Å². The molecule has 0 spiro atoms. The fourth-order valence-corrected chi connectivity index (χ4v) is 1.94. The van der Waals surface area contributed by atoms with E-state index in [1.54, 1.807) is 0 Å². The summed E-state index contributed by atoms with van der Waals surface area (Å²) in [6.45, 7) is 7.93. The third-order valence-electron chi connectivity index (χ3n) is 3.09. The topological polar surface area (TPSA) is 0 Å². The van der Waals surface area contributed by atoms with Crippen molar-refractivity contribution in [2.45, 2.75) is 13.8 Å². The maximum Gasteiger partial charge on any atom is -0.0184 e. The van der Waals surface area contributed by atoms with Gasteiger partial charge in [-0.3, -0.25) is 0 Å². The molecule has 0 fully saturated rings. The van der Waals surface area contributed by atoms with Crippen LogP contribution in [0.25, 0.3) is 16.7 Å². The summed E-state index contributed by atoms with van der Waals surface area (Å²) in [5.41, 5.74) is 6.29. The predicted octanol–water partition coefficient (Wildman–Crippen LogP) is 5.25. The van der Waals surface area contributed by atoms with Crippen molar-refractivity contribution in [3.63, 3.8) is 0 Å². The van der Waals surface area contributed by atoms with Crippen molar-refractivity contribution in [2.75, 3.05) is 0 Å². The number of benzene rings is 2. The van der Waals surface area contributed by atoms with Gasteiger partial charge in [-0.25, -0.2) is 0 Å². The predicted molar refractivity (Wildman–Crippen MR) is 80.5 cm³/mol. The van der Waals surface area contributed by atoms with Crippen LogP contribution in [0.4, 0.5) is 0 Å². The van der Waals surface area contributed by atoms with E-state index in [4.69, 9.17) is 0 Å². The second-order valence-corrected chi connectivity index (χ2v) is 4.53. The van der Waals surface area contributed by atoms with Gasteiger partial charge in [-0.2, -0.15) is 0 Å². The van der Waals surface area contributed by atoms with Crippen LogP contribution in [-0.4, -0.2) is 0 Å². The molecule has 90 valence electrons. The minimum Gasteiger partial charge on any atom is -0.0991 e. The van der Waals surface area contributed by atoms with Gasteiger partial charge in [0, 0.05) is 0 Å². The summed E-state index contributed by atoms with van der Waals surface area (Å²) < 4.78 is 0. The van der Waals surface area contributed by atoms with E-state index in [2.05, 4.69) is 69.0 Å². The summed E-state index contributed by atoms with van der Waals surface area (Å²) in [4.78, 5) is 0.